The van der Waals surface area contributed by atoms with Crippen LogP contribution in [0.4, 0.5) is 4.39 Å². The Morgan fingerprint density at radius 3 is 2.88 bits per heavy atom. The molecule has 0 aromatic heterocycles. The number of nitrogens with one attached hydrogen (secondary N) is 1. The molecule has 0 unspecified atom stereocenters. The number of hydrogen-bond acceptors (Lipinski definition) is 1. The van der Waals surface area contributed by atoms with E-state index in [-0.39, 0.29) is 11.7 Å². The normalized spacial score (nSPS) is 10.3. The molecular formula is C13H17ClFNO. The smallest absolute Gasteiger partial charge is 0.220 e. The summed E-state index contributed by atoms with van der Waals surface area (Å²) in [6, 6.07) is 4.71. The Bertz CT molecular complexity index is 382. The Balaban J connectivity index is 2.33. The summed E-state index contributed by atoms with van der Waals surface area (Å²) >= 11 is 5.50. The van der Waals surface area contributed by atoms with E-state index in [1.165, 1.54) is 12.1 Å². The summed E-state index contributed by atoms with van der Waals surface area (Å²) in [4.78, 5) is 11.3. The molecule has 2 nitrogen and oxygen atoms in total. The molecule has 17 heavy (non-hydrogen) atoms. The fraction of sp³-hybridized carbons (Fsp3) is 0.462. The van der Waals surface area contributed by atoms with Gasteiger partial charge in [0.2, 0.25) is 5.91 Å². The number of amides is 1. The number of alkyl halides is 1. The van der Waals surface area contributed by atoms with Crippen molar-refractivity contribution in [2.45, 2.75) is 26.2 Å². The molecule has 1 aromatic carbocycles. The zero-order chi connectivity index (χ0) is 12.7. The highest BCUT2D eigenvalue weighted by atomic mass is 35.5. The van der Waals surface area contributed by atoms with Gasteiger partial charge in [-0.3, -0.25) is 4.79 Å². The molecule has 0 atom stereocenters. The van der Waals surface area contributed by atoms with Gasteiger partial charge in [0.25, 0.3) is 0 Å². The van der Waals surface area contributed by atoms with Crippen LogP contribution in [0, 0.1) is 12.7 Å². The first-order valence-electron chi connectivity index (χ1n) is 5.71. The zero-order valence-corrected chi connectivity index (χ0v) is 10.7. The van der Waals surface area contributed by atoms with E-state index in [0.717, 1.165) is 17.5 Å². The number of rotatable bonds is 6. The second-order valence-corrected chi connectivity index (χ2v) is 4.34. The van der Waals surface area contributed by atoms with Crippen LogP contribution in [0.2, 0.25) is 0 Å². The summed E-state index contributed by atoms with van der Waals surface area (Å²) in [6.45, 7) is 2.45. The zero-order valence-electron chi connectivity index (χ0n) is 9.93. The molecule has 0 spiro atoms. The van der Waals surface area contributed by atoms with E-state index in [0.29, 0.717) is 25.3 Å². The van der Waals surface area contributed by atoms with Crippen molar-refractivity contribution >= 4 is 17.5 Å². The average Bonchev–Trinajstić information content (AvgIpc) is 2.29. The molecule has 1 amide bonds. The lowest BCUT2D eigenvalue weighted by Gasteiger charge is -2.07. The molecule has 0 heterocycles. The predicted molar refractivity (Wildman–Crippen MR) is 67.8 cm³/mol. The number of carbonyl (C=O) groups excluding carboxylic acids is 1. The van der Waals surface area contributed by atoms with E-state index < -0.39 is 0 Å². The molecule has 1 aromatic rings. The van der Waals surface area contributed by atoms with Gasteiger partial charge < -0.3 is 5.32 Å². The van der Waals surface area contributed by atoms with Gasteiger partial charge in [-0.25, -0.2) is 4.39 Å². The van der Waals surface area contributed by atoms with Crippen molar-refractivity contribution in [2.75, 3.05) is 12.4 Å². The Hall–Kier alpha value is -1.09. The fourth-order valence-corrected chi connectivity index (χ4v) is 1.73. The first-order chi connectivity index (χ1) is 8.13. The Kier molecular flexibility index (Phi) is 5.98. The van der Waals surface area contributed by atoms with Crippen molar-refractivity contribution in [1.82, 2.24) is 5.32 Å². The molecular weight excluding hydrogens is 241 g/mol. The van der Waals surface area contributed by atoms with Gasteiger partial charge in [-0.15, -0.1) is 11.6 Å². The largest absolute Gasteiger partial charge is 0.356 e. The van der Waals surface area contributed by atoms with Crippen LogP contribution in [0.3, 0.4) is 0 Å². The number of halogens is 2. The summed E-state index contributed by atoms with van der Waals surface area (Å²) in [5.41, 5.74) is 1.98. The fourth-order valence-electron chi connectivity index (χ4n) is 1.59. The van der Waals surface area contributed by atoms with Crippen LogP contribution >= 0.6 is 11.6 Å². The highest BCUT2D eigenvalue weighted by Gasteiger charge is 2.02. The lowest BCUT2D eigenvalue weighted by molar-refractivity contribution is -0.121. The van der Waals surface area contributed by atoms with E-state index in [1.54, 1.807) is 6.07 Å². The monoisotopic (exact) mass is 257 g/mol. The molecule has 1 N–H and O–H groups in total. The van der Waals surface area contributed by atoms with E-state index in [9.17, 15) is 9.18 Å². The summed E-state index contributed by atoms with van der Waals surface area (Å²) < 4.78 is 12.9. The third-order valence-electron chi connectivity index (χ3n) is 2.56. The van der Waals surface area contributed by atoms with Crippen LogP contribution in [-0.4, -0.2) is 18.3 Å². The number of hydrogen-bond donors (Lipinski definition) is 1. The lowest BCUT2D eigenvalue weighted by Crippen LogP contribution is -2.25. The van der Waals surface area contributed by atoms with Crippen molar-refractivity contribution in [3.8, 4) is 0 Å². The second kappa shape index (κ2) is 7.28. The van der Waals surface area contributed by atoms with Gasteiger partial charge in [-0.05, 0) is 43.0 Å². The van der Waals surface area contributed by atoms with Crippen LogP contribution in [0.25, 0.3) is 0 Å². The molecule has 0 saturated carbocycles. The first-order valence-corrected chi connectivity index (χ1v) is 6.24. The van der Waals surface area contributed by atoms with Crippen LogP contribution < -0.4 is 5.32 Å². The van der Waals surface area contributed by atoms with Gasteiger partial charge in [0, 0.05) is 18.8 Å². The Morgan fingerprint density at radius 2 is 2.24 bits per heavy atom. The predicted octanol–water partition coefficient (Wildman–Crippen LogP) is 2.81. The van der Waals surface area contributed by atoms with Crippen molar-refractivity contribution < 1.29 is 9.18 Å². The van der Waals surface area contributed by atoms with Gasteiger partial charge in [0.15, 0.2) is 0 Å². The van der Waals surface area contributed by atoms with Gasteiger partial charge in [-0.1, -0.05) is 6.07 Å². The standard InChI is InChI=1S/C13H17ClFNO/c1-10-9-12(15)5-4-11(10)6-8-16-13(17)3-2-7-14/h4-5,9H,2-3,6-8H2,1H3,(H,16,17). The quantitative estimate of drug-likeness (QED) is 0.780. The SMILES string of the molecule is Cc1cc(F)ccc1CCNC(=O)CCCCl. The van der Waals surface area contributed by atoms with Crippen LogP contribution in [-0.2, 0) is 11.2 Å². The lowest BCUT2D eigenvalue weighted by atomic mass is 10.1. The topological polar surface area (TPSA) is 29.1 Å². The minimum absolute atomic E-state index is 0.0189. The van der Waals surface area contributed by atoms with Gasteiger partial charge in [-0.2, -0.15) is 0 Å². The molecule has 0 aliphatic carbocycles. The number of aryl methyl sites for hydroxylation is 1. The Morgan fingerprint density at radius 1 is 1.47 bits per heavy atom. The first kappa shape index (κ1) is 14.0. The van der Waals surface area contributed by atoms with Crippen molar-refractivity contribution in [2.24, 2.45) is 0 Å². The van der Waals surface area contributed by atoms with Crippen molar-refractivity contribution in [3.05, 3.63) is 35.1 Å². The maximum atomic E-state index is 12.9. The number of carbonyl (C=O) groups is 1. The van der Waals surface area contributed by atoms with Crippen LogP contribution in [0.15, 0.2) is 18.2 Å². The highest BCUT2D eigenvalue weighted by molar-refractivity contribution is 6.17. The van der Waals surface area contributed by atoms with Crippen LogP contribution in [0.1, 0.15) is 24.0 Å². The summed E-state index contributed by atoms with van der Waals surface area (Å²) in [5.74, 6) is 0.299. The summed E-state index contributed by atoms with van der Waals surface area (Å²) in [5, 5.41) is 2.82. The van der Waals surface area contributed by atoms with E-state index in [2.05, 4.69) is 5.32 Å². The van der Waals surface area contributed by atoms with Gasteiger partial charge in [0.05, 0.1) is 0 Å². The third kappa shape index (κ3) is 5.18. The van der Waals surface area contributed by atoms with Crippen molar-refractivity contribution in [1.29, 1.82) is 0 Å². The third-order valence-corrected chi connectivity index (χ3v) is 2.83. The van der Waals surface area contributed by atoms with Crippen LogP contribution in [0.5, 0.6) is 0 Å². The van der Waals surface area contributed by atoms with E-state index in [1.807, 2.05) is 6.92 Å². The molecule has 0 saturated heterocycles. The molecule has 4 heteroatoms. The molecule has 0 radical (unpaired) electrons. The van der Waals surface area contributed by atoms with E-state index >= 15 is 0 Å². The highest BCUT2D eigenvalue weighted by Crippen LogP contribution is 2.10. The van der Waals surface area contributed by atoms with Gasteiger partial charge in [0.1, 0.15) is 5.82 Å². The molecule has 0 fully saturated rings. The number of benzene rings is 1. The van der Waals surface area contributed by atoms with Gasteiger partial charge >= 0.3 is 0 Å². The van der Waals surface area contributed by atoms with E-state index in [4.69, 9.17) is 11.6 Å². The minimum Gasteiger partial charge on any atom is -0.356 e. The summed E-state index contributed by atoms with van der Waals surface area (Å²) in [7, 11) is 0. The maximum Gasteiger partial charge on any atom is 0.220 e. The molecule has 0 bridgehead atoms. The molecule has 94 valence electrons. The maximum absolute atomic E-state index is 12.9. The molecule has 0 aliphatic heterocycles. The summed E-state index contributed by atoms with van der Waals surface area (Å²) in [6.07, 6.45) is 1.88. The minimum atomic E-state index is -0.225. The molecule has 1 rings (SSSR count). The average molecular weight is 258 g/mol. The Labute approximate surface area is 106 Å². The second-order valence-electron chi connectivity index (χ2n) is 3.96. The molecule has 0 aliphatic rings. The van der Waals surface area contributed by atoms with Crippen molar-refractivity contribution in [3.63, 3.8) is 0 Å².